The van der Waals surface area contributed by atoms with E-state index in [0.717, 1.165) is 38.5 Å². The Kier molecular flexibility index (Phi) is 8.06. The van der Waals surface area contributed by atoms with E-state index in [9.17, 15) is 9.59 Å². The summed E-state index contributed by atoms with van der Waals surface area (Å²) in [5.41, 5.74) is 4.99. The van der Waals surface area contributed by atoms with Crippen LogP contribution < -0.4 is 0 Å². The van der Waals surface area contributed by atoms with Crippen molar-refractivity contribution in [2.45, 2.75) is 118 Å². The lowest BCUT2D eigenvalue weighted by Crippen LogP contribution is -2.60. The SMILES string of the molecule is C=C(C)C1CCC(CCC2(C)CCCC3C4(C)CC=C(c5ccc(C(=O)OC)cc5)C(C)(C)C4CCC32C)(N=C=O)C1. The van der Waals surface area contributed by atoms with E-state index in [4.69, 9.17) is 4.74 Å². The van der Waals surface area contributed by atoms with E-state index < -0.39 is 0 Å². The van der Waals surface area contributed by atoms with Crippen LogP contribution in [-0.2, 0) is 9.53 Å². The van der Waals surface area contributed by atoms with Crippen LogP contribution in [0.1, 0.15) is 128 Å². The second-order valence-electron chi connectivity index (χ2n) is 15.8. The maximum Gasteiger partial charge on any atom is 0.337 e. The third-order valence-corrected chi connectivity index (χ3v) is 13.5. The van der Waals surface area contributed by atoms with Gasteiger partial charge in [-0.2, -0.15) is 4.99 Å². The molecule has 42 heavy (non-hydrogen) atoms. The van der Waals surface area contributed by atoms with Gasteiger partial charge >= 0.3 is 5.97 Å². The fourth-order valence-electron chi connectivity index (χ4n) is 10.8. The molecule has 7 unspecified atom stereocenters. The van der Waals surface area contributed by atoms with Crippen molar-refractivity contribution in [1.82, 2.24) is 0 Å². The zero-order valence-electron chi connectivity index (χ0n) is 27.3. The highest BCUT2D eigenvalue weighted by Crippen LogP contribution is 2.72. The Bertz CT molecular complexity index is 1300. The predicted octanol–water partition coefficient (Wildman–Crippen LogP) is 9.75. The van der Waals surface area contributed by atoms with E-state index in [-0.39, 0.29) is 33.2 Å². The molecule has 1 aromatic carbocycles. The second-order valence-corrected chi connectivity index (χ2v) is 15.8. The molecule has 0 aliphatic heterocycles. The Balaban J connectivity index is 1.41. The molecule has 4 aliphatic carbocycles. The van der Waals surface area contributed by atoms with Gasteiger partial charge in [0, 0.05) is 0 Å². The van der Waals surface area contributed by atoms with Crippen LogP contribution in [0.2, 0.25) is 0 Å². The Morgan fingerprint density at radius 2 is 1.71 bits per heavy atom. The molecule has 1 aromatic rings. The number of ether oxygens (including phenoxy) is 1. The lowest BCUT2D eigenvalue weighted by Gasteiger charge is -2.68. The molecule has 4 aliphatic rings. The van der Waals surface area contributed by atoms with Crippen LogP contribution in [0.4, 0.5) is 0 Å². The van der Waals surface area contributed by atoms with Crippen molar-refractivity contribution in [3.63, 3.8) is 0 Å². The van der Waals surface area contributed by atoms with Crippen LogP contribution in [0.25, 0.3) is 5.57 Å². The van der Waals surface area contributed by atoms with Crippen LogP contribution in [0.5, 0.6) is 0 Å². The van der Waals surface area contributed by atoms with Crippen molar-refractivity contribution in [3.05, 3.63) is 53.6 Å². The summed E-state index contributed by atoms with van der Waals surface area (Å²) >= 11 is 0. The van der Waals surface area contributed by atoms with Crippen LogP contribution in [0.3, 0.4) is 0 Å². The average molecular weight is 572 g/mol. The van der Waals surface area contributed by atoms with Crippen molar-refractivity contribution in [3.8, 4) is 0 Å². The maximum atomic E-state index is 12.0. The molecule has 0 saturated heterocycles. The van der Waals surface area contributed by atoms with E-state index in [1.165, 1.54) is 55.9 Å². The molecule has 7 atom stereocenters. The number of hydrogen-bond donors (Lipinski definition) is 0. The molecular weight excluding hydrogens is 518 g/mol. The summed E-state index contributed by atoms with van der Waals surface area (Å²) in [6.45, 7) is 19.1. The first-order valence-corrected chi connectivity index (χ1v) is 16.4. The zero-order chi connectivity index (χ0) is 30.6. The number of aliphatic imine (C=N–C) groups is 1. The molecule has 0 N–H and O–H groups in total. The molecule has 4 nitrogen and oxygen atoms in total. The maximum absolute atomic E-state index is 12.0. The topological polar surface area (TPSA) is 55.7 Å². The molecule has 4 heteroatoms. The molecule has 0 aromatic heterocycles. The number of methoxy groups -OCH3 is 1. The summed E-state index contributed by atoms with van der Waals surface area (Å²) in [7, 11) is 1.43. The van der Waals surface area contributed by atoms with E-state index >= 15 is 0 Å². The summed E-state index contributed by atoms with van der Waals surface area (Å²) in [6, 6.07) is 8.01. The van der Waals surface area contributed by atoms with Crippen LogP contribution in [0, 0.1) is 39.4 Å². The van der Waals surface area contributed by atoms with Gasteiger partial charge in [0.25, 0.3) is 0 Å². The number of fused-ring (bicyclic) bond motifs is 3. The molecular formula is C38H53NO3. The summed E-state index contributed by atoms with van der Waals surface area (Å²) in [5, 5.41) is 0. The third-order valence-electron chi connectivity index (χ3n) is 13.5. The highest BCUT2D eigenvalue weighted by atomic mass is 16.5. The van der Waals surface area contributed by atoms with Gasteiger partial charge in [0.05, 0.1) is 18.2 Å². The summed E-state index contributed by atoms with van der Waals surface area (Å²) < 4.78 is 4.92. The summed E-state index contributed by atoms with van der Waals surface area (Å²) in [4.78, 5) is 28.1. The molecule has 228 valence electrons. The van der Waals surface area contributed by atoms with Crippen molar-refractivity contribution in [2.24, 2.45) is 44.4 Å². The molecule has 0 bridgehead atoms. The standard InChI is InChI=1S/C38H53NO3/c1-26(2)29-15-21-38(24-29,39-25-40)23-22-35(5)18-9-10-32-36(6)19-16-30(27-11-13-28(14-12-27)33(41)42-8)34(3,4)31(36)17-20-37(32,35)7/h11-14,16,29,31-32H,1,9-10,15,17-24H2,2-8H3. The molecule has 0 spiro atoms. The van der Waals surface area contributed by atoms with E-state index in [1.807, 2.05) is 18.2 Å². The number of carbonyl (C=O) groups is 1. The van der Waals surface area contributed by atoms with Gasteiger partial charge in [-0.1, -0.05) is 71.4 Å². The van der Waals surface area contributed by atoms with E-state index in [0.29, 0.717) is 23.3 Å². The van der Waals surface area contributed by atoms with Gasteiger partial charge in [0.1, 0.15) is 0 Å². The van der Waals surface area contributed by atoms with Crippen molar-refractivity contribution < 1.29 is 14.3 Å². The Morgan fingerprint density at radius 1 is 1.00 bits per heavy atom. The minimum Gasteiger partial charge on any atom is -0.465 e. The molecule has 0 heterocycles. The zero-order valence-corrected chi connectivity index (χ0v) is 27.3. The summed E-state index contributed by atoms with van der Waals surface area (Å²) in [6.07, 6.45) is 17.1. The number of rotatable bonds is 7. The first kappa shape index (κ1) is 31.0. The Labute approximate surface area is 254 Å². The number of hydrogen-bond acceptors (Lipinski definition) is 4. The van der Waals surface area contributed by atoms with E-state index in [1.54, 1.807) is 0 Å². The number of carbonyl (C=O) groups excluding carboxylic acids is 2. The van der Waals surface area contributed by atoms with Gasteiger partial charge in [0.15, 0.2) is 0 Å². The Morgan fingerprint density at radius 3 is 2.33 bits per heavy atom. The van der Waals surface area contributed by atoms with Gasteiger partial charge in [-0.25, -0.2) is 9.59 Å². The summed E-state index contributed by atoms with van der Waals surface area (Å²) in [5.74, 6) is 1.45. The first-order valence-electron chi connectivity index (χ1n) is 16.4. The normalized spacial score (nSPS) is 38.8. The first-order chi connectivity index (χ1) is 19.8. The Hall–Kier alpha value is -2.45. The number of isocyanates is 1. The highest BCUT2D eigenvalue weighted by molar-refractivity contribution is 5.89. The lowest BCUT2D eigenvalue weighted by atomic mass is 9.36. The average Bonchev–Trinajstić information content (AvgIpc) is 3.37. The molecule has 3 saturated carbocycles. The smallest absolute Gasteiger partial charge is 0.337 e. The molecule has 3 fully saturated rings. The van der Waals surface area contributed by atoms with Crippen LogP contribution >= 0.6 is 0 Å². The number of esters is 1. The number of allylic oxidation sites excluding steroid dienone is 3. The second kappa shape index (κ2) is 10.9. The molecule has 0 radical (unpaired) electrons. The van der Waals surface area contributed by atoms with E-state index in [2.05, 4.69) is 71.3 Å². The number of benzene rings is 1. The minimum atomic E-state index is -0.287. The van der Waals surface area contributed by atoms with Gasteiger partial charge in [-0.05, 0) is 134 Å². The van der Waals surface area contributed by atoms with Crippen molar-refractivity contribution in [2.75, 3.05) is 7.11 Å². The van der Waals surface area contributed by atoms with Crippen molar-refractivity contribution >= 4 is 17.6 Å². The van der Waals surface area contributed by atoms with Crippen LogP contribution in [0.15, 0.2) is 47.5 Å². The largest absolute Gasteiger partial charge is 0.465 e. The quantitative estimate of drug-likeness (QED) is 0.142. The van der Waals surface area contributed by atoms with Gasteiger partial charge in [-0.15, -0.1) is 0 Å². The lowest BCUT2D eigenvalue weighted by molar-refractivity contribution is -0.171. The minimum absolute atomic E-state index is 0.0408. The van der Waals surface area contributed by atoms with Crippen LogP contribution in [-0.4, -0.2) is 24.7 Å². The number of nitrogens with zero attached hydrogens (tertiary/aromatic N) is 1. The fraction of sp³-hybridized carbons (Fsp3) is 0.684. The third kappa shape index (κ3) is 4.86. The highest BCUT2D eigenvalue weighted by Gasteiger charge is 2.64. The predicted molar refractivity (Wildman–Crippen MR) is 171 cm³/mol. The fourth-order valence-corrected chi connectivity index (χ4v) is 10.8. The monoisotopic (exact) mass is 571 g/mol. The van der Waals surface area contributed by atoms with Crippen molar-refractivity contribution in [1.29, 1.82) is 0 Å². The molecule has 0 amide bonds. The molecule has 5 rings (SSSR count). The van der Waals surface area contributed by atoms with Gasteiger partial charge in [0.2, 0.25) is 6.08 Å². The van der Waals surface area contributed by atoms with Gasteiger partial charge in [-0.3, -0.25) is 0 Å². The van der Waals surface area contributed by atoms with Gasteiger partial charge < -0.3 is 4.74 Å².